The number of aliphatic hydroxyl groups is 9. The molecule has 0 bridgehead atoms. The Bertz CT molecular complexity index is 3010. The van der Waals surface area contributed by atoms with Gasteiger partial charge >= 0.3 is 6.72 Å². The van der Waals surface area contributed by atoms with Gasteiger partial charge in [-0.2, -0.15) is 0 Å². The Hall–Kier alpha value is -5.74. The van der Waals surface area contributed by atoms with Gasteiger partial charge in [-0.15, -0.1) is 0 Å². The predicted octanol–water partition coefficient (Wildman–Crippen LogP) is -2.10. The van der Waals surface area contributed by atoms with Crippen LogP contribution in [0, 0.1) is 0 Å². The van der Waals surface area contributed by atoms with Crippen LogP contribution in [0.4, 0.5) is 0 Å². The van der Waals surface area contributed by atoms with Crippen molar-refractivity contribution >= 4 is 71.7 Å². The fourth-order valence-electron chi connectivity index (χ4n) is 13.6. The summed E-state index contributed by atoms with van der Waals surface area (Å²) in [5, 5.41) is 114. The Kier molecular flexibility index (Phi) is 49.5. The number of carbonyl (C=O) groups is 9. The summed E-state index contributed by atoms with van der Waals surface area (Å²) in [7, 11) is 1.30. The molecule has 1 aromatic carbocycles. The van der Waals surface area contributed by atoms with Crippen molar-refractivity contribution in [2.24, 2.45) is 0 Å². The van der Waals surface area contributed by atoms with Gasteiger partial charge in [0.2, 0.25) is 47.3 Å². The molecule has 4 heterocycles. The molecule has 41 heteroatoms. The minimum atomic E-state index is -3.19. The molecule has 0 aromatic heterocycles. The van der Waals surface area contributed by atoms with Crippen molar-refractivity contribution in [2.45, 2.75) is 272 Å². The molecule has 5 rings (SSSR count). The van der Waals surface area contributed by atoms with Crippen LogP contribution < -0.4 is 42.5 Å². The highest BCUT2D eigenvalue weighted by Crippen LogP contribution is 2.42. The first-order valence-corrected chi connectivity index (χ1v) is 43.7. The van der Waals surface area contributed by atoms with E-state index in [2.05, 4.69) is 42.5 Å². The number of aliphatic hydroxyl groups excluding tert-OH is 9. The maximum absolute atomic E-state index is 14.7. The second-order valence-electron chi connectivity index (χ2n) is 30.0. The highest BCUT2D eigenvalue weighted by molar-refractivity contribution is 8.07. The standard InChI is InChI=1S/C77H132N9O30PS/c1-50(90)82-64-70(101)67(98)56(44-87)114-74(64)110-35-17-9-5-13-31-79-60(94)27-39-107-47-77(48-108-40-28-61(95)80-32-14-6-10-18-36-111-75-65(83-51(2)91)71(102)68(99)57(45-88)115-75,49-109-41-29-62(96)81-33-15-7-11-19-37-112-76-66(84-52(3)92)72(103)69(100)58(46-89)116-76)85-73(104)54-24-25-55-43-86(34-26-53(55)42-54)63(97)23-21-22-59(93)78-30-16-8-12-20-38-113-117(105,118)106-4/h24-25,42,56-58,64-72,74-76,87-89,98-103H,5-23,26-41,43-49H2,1-4H3,(H,78,93)(H,79,94)(H,80,95)(H,81,96)(H,82,90)(H,83,91)(H,84,92)(H,85,104)(H,105,118). The quantitative estimate of drug-likeness (QED) is 0.0245. The van der Waals surface area contributed by atoms with Gasteiger partial charge in [0.25, 0.3) is 5.91 Å². The van der Waals surface area contributed by atoms with Gasteiger partial charge in [0.1, 0.15) is 78.6 Å². The third-order valence-corrected chi connectivity index (χ3v) is 22.0. The van der Waals surface area contributed by atoms with Gasteiger partial charge in [-0.25, -0.2) is 0 Å². The van der Waals surface area contributed by atoms with E-state index in [1.54, 1.807) is 23.1 Å². The maximum atomic E-state index is 14.7. The first kappa shape index (κ1) is 103. The summed E-state index contributed by atoms with van der Waals surface area (Å²) < 4.78 is 62.9. The Morgan fingerprint density at radius 2 is 0.822 bits per heavy atom. The fourth-order valence-corrected chi connectivity index (χ4v) is 14.3. The molecule has 18 N–H and O–H groups in total. The first-order chi connectivity index (χ1) is 56.5. The number of unbranched alkanes of at least 4 members (excludes halogenated alkanes) is 12. The maximum Gasteiger partial charge on any atom is 0.324 e. The monoisotopic (exact) mass is 1730 g/mol. The summed E-state index contributed by atoms with van der Waals surface area (Å²) >= 11 is 4.83. The number of fused-ring (bicyclic) bond motifs is 1. The van der Waals surface area contributed by atoms with Crippen molar-refractivity contribution in [1.29, 1.82) is 0 Å². The molecule has 118 heavy (non-hydrogen) atoms. The van der Waals surface area contributed by atoms with Crippen molar-refractivity contribution in [2.75, 3.05) is 126 Å². The topological polar surface area (TPSA) is 557 Å². The SMILES string of the molecule is COP(O)(=S)OCCCCCCNC(=O)CCCC(=O)N1CCc2cc(C(=O)NC(COCCC(=O)NCCCCCCOC3OC(CO)C(O)C(O)C3NC(C)=O)(COCCC(=O)NCCCCCCOC3OC(CO)C(O)C(O)C3NC(C)=O)COCCC(=O)NCCCCCCOC3OC(CO)C(O)C(O)C3NC(C)=O)ccc2C1. The highest BCUT2D eigenvalue weighted by Gasteiger charge is 2.48. The van der Waals surface area contributed by atoms with Crippen molar-refractivity contribution in [1.82, 2.24) is 47.4 Å². The minimum absolute atomic E-state index is 0.0929. The van der Waals surface area contributed by atoms with E-state index in [0.717, 1.165) is 30.4 Å². The molecule has 4 aliphatic heterocycles. The van der Waals surface area contributed by atoms with E-state index >= 15 is 0 Å². The number of rotatable bonds is 60. The van der Waals surface area contributed by atoms with Gasteiger partial charge in [0.15, 0.2) is 18.9 Å². The lowest BCUT2D eigenvalue weighted by Crippen LogP contribution is -2.64. The summed E-state index contributed by atoms with van der Waals surface area (Å²) in [6.45, 7) is 0.460. The Labute approximate surface area is 695 Å². The molecule has 1 aromatic rings. The molecule has 0 radical (unpaired) electrons. The molecule has 39 nitrogen and oxygen atoms in total. The fraction of sp³-hybridized carbons (Fsp3) is 0.805. The number of hydrogen-bond acceptors (Lipinski definition) is 30. The van der Waals surface area contributed by atoms with E-state index in [-0.39, 0.29) is 140 Å². The molecular weight excluding hydrogens is 1590 g/mol. The minimum Gasteiger partial charge on any atom is -0.394 e. The molecule has 3 fully saturated rings. The average molecular weight is 1730 g/mol. The van der Waals surface area contributed by atoms with Crippen LogP contribution in [0.15, 0.2) is 18.2 Å². The molecule has 676 valence electrons. The summed E-state index contributed by atoms with van der Waals surface area (Å²) in [6, 6.07) is 1.93. The van der Waals surface area contributed by atoms with E-state index in [0.29, 0.717) is 129 Å². The van der Waals surface area contributed by atoms with Crippen LogP contribution in [0.5, 0.6) is 0 Å². The zero-order valence-electron chi connectivity index (χ0n) is 68.5. The number of amides is 9. The Morgan fingerprint density at radius 3 is 1.18 bits per heavy atom. The van der Waals surface area contributed by atoms with Gasteiger partial charge in [-0.05, 0) is 99.3 Å². The molecule has 9 amide bonds. The second-order valence-corrected chi connectivity index (χ2v) is 32.9. The number of nitrogens with one attached hydrogen (secondary N) is 8. The van der Waals surface area contributed by atoms with Gasteiger partial charge in [-0.1, -0.05) is 57.4 Å². The van der Waals surface area contributed by atoms with Crippen LogP contribution in [0.1, 0.15) is 184 Å². The normalized spacial score (nSPS) is 24.8. The number of nitrogens with zero attached hydrogens (tertiary/aromatic N) is 1. The number of benzene rings is 1. The van der Waals surface area contributed by atoms with Crippen LogP contribution in [-0.4, -0.2) is 332 Å². The van der Waals surface area contributed by atoms with Crippen LogP contribution in [0.3, 0.4) is 0 Å². The second kappa shape index (κ2) is 56.8. The largest absolute Gasteiger partial charge is 0.394 e. The van der Waals surface area contributed by atoms with E-state index in [9.17, 15) is 94.0 Å². The summed E-state index contributed by atoms with van der Waals surface area (Å²) in [5.41, 5.74) is 0.386. The first-order valence-electron chi connectivity index (χ1n) is 41.1. The van der Waals surface area contributed by atoms with Gasteiger partial charge in [-0.3, -0.25) is 43.2 Å². The van der Waals surface area contributed by atoms with E-state index < -0.39 is 148 Å². The van der Waals surface area contributed by atoms with Crippen molar-refractivity contribution in [3.05, 3.63) is 34.9 Å². The van der Waals surface area contributed by atoms with Gasteiger partial charge in [0, 0.05) is 125 Å². The van der Waals surface area contributed by atoms with Gasteiger partial charge < -0.3 is 150 Å². The van der Waals surface area contributed by atoms with Crippen molar-refractivity contribution in [3.8, 4) is 0 Å². The zero-order chi connectivity index (χ0) is 86.4. The zero-order valence-corrected chi connectivity index (χ0v) is 70.2. The molecule has 16 atom stereocenters. The van der Waals surface area contributed by atoms with Crippen LogP contribution in [0.2, 0.25) is 0 Å². The van der Waals surface area contributed by atoms with Crippen LogP contribution in [-0.2, 0) is 115 Å². The number of carbonyl (C=O) groups excluding carboxylic acids is 9. The number of ether oxygens (including phenoxy) is 9. The molecular formula is C77H132N9O30PS. The molecule has 4 aliphatic rings. The molecule has 0 saturated carbocycles. The van der Waals surface area contributed by atoms with Gasteiger partial charge in [0.05, 0.1) is 66.1 Å². The van der Waals surface area contributed by atoms with E-state index in [4.69, 9.17) is 63.5 Å². The number of hydrogen-bond donors (Lipinski definition) is 18. The van der Waals surface area contributed by atoms with Crippen LogP contribution >= 0.6 is 6.72 Å². The Morgan fingerprint density at radius 1 is 0.466 bits per heavy atom. The lowest BCUT2D eigenvalue weighted by atomic mass is 9.95. The Balaban J connectivity index is 1.19. The van der Waals surface area contributed by atoms with Crippen molar-refractivity contribution in [3.63, 3.8) is 0 Å². The molecule has 16 unspecified atom stereocenters. The van der Waals surface area contributed by atoms with Crippen LogP contribution in [0.25, 0.3) is 0 Å². The molecule has 0 aliphatic carbocycles. The lowest BCUT2D eigenvalue weighted by molar-refractivity contribution is -0.270. The summed E-state index contributed by atoms with van der Waals surface area (Å²) in [6.07, 6.45) is -4.01. The average Bonchev–Trinajstić information content (AvgIpc) is 0.828. The predicted molar refractivity (Wildman–Crippen MR) is 425 cm³/mol. The smallest absolute Gasteiger partial charge is 0.324 e. The summed E-state index contributed by atoms with van der Waals surface area (Å²) in [4.78, 5) is 128. The van der Waals surface area contributed by atoms with E-state index in [1.807, 2.05) is 0 Å². The third-order valence-electron chi connectivity index (χ3n) is 20.2. The van der Waals surface area contributed by atoms with E-state index in [1.165, 1.54) is 27.9 Å². The van der Waals surface area contributed by atoms with Crippen molar-refractivity contribution < 1.29 is 146 Å². The molecule has 0 spiro atoms. The third kappa shape index (κ3) is 38.4. The lowest BCUT2D eigenvalue weighted by Gasteiger charge is -2.42. The summed E-state index contributed by atoms with van der Waals surface area (Å²) in [5.74, 6) is -3.25. The molecule has 3 saturated heterocycles. The highest BCUT2D eigenvalue weighted by atomic mass is 32.5.